The van der Waals surface area contributed by atoms with Crippen molar-refractivity contribution in [2.75, 3.05) is 6.61 Å². The first-order valence-electron chi connectivity index (χ1n) is 15.8. The first-order valence-corrected chi connectivity index (χ1v) is 16.7. The number of fused-ring (bicyclic) bond motifs is 2. The highest BCUT2D eigenvalue weighted by atomic mass is 32.2. The number of esters is 1. The van der Waals surface area contributed by atoms with Crippen LogP contribution in [0, 0.1) is 5.92 Å². The van der Waals surface area contributed by atoms with Gasteiger partial charge in [-0.3, -0.25) is 14.5 Å². The Morgan fingerprint density at radius 1 is 0.837 bits per heavy atom. The smallest absolute Gasteiger partial charge is 0.356 e. The summed E-state index contributed by atoms with van der Waals surface area (Å²) in [5, 5.41) is 0.218. The van der Waals surface area contributed by atoms with Crippen molar-refractivity contribution in [3.8, 4) is 5.75 Å². The van der Waals surface area contributed by atoms with Gasteiger partial charge >= 0.3 is 11.6 Å². The SMILES string of the molecule is C=C1S[C@@H]2[C@H](CC(=O)Cc3ccccc3)C(=O)N2C(C(=O)OC(c2ccccc2)c2ccccc2)=C1COc1ccc2ccc(=O)oc2c1. The largest absolute Gasteiger partial charge is 0.489 e. The predicted octanol–water partition coefficient (Wildman–Crippen LogP) is 7.01. The zero-order chi connectivity index (χ0) is 33.9. The van der Waals surface area contributed by atoms with Crippen LogP contribution in [0.3, 0.4) is 0 Å². The average molecular weight is 670 g/mol. The van der Waals surface area contributed by atoms with Gasteiger partial charge in [0.2, 0.25) is 5.91 Å². The van der Waals surface area contributed by atoms with Crippen molar-refractivity contribution in [3.63, 3.8) is 0 Å². The van der Waals surface area contributed by atoms with Crippen molar-refractivity contribution in [3.05, 3.63) is 171 Å². The summed E-state index contributed by atoms with van der Waals surface area (Å²) in [6, 6.07) is 36.2. The molecule has 0 spiro atoms. The molecule has 8 nitrogen and oxygen atoms in total. The van der Waals surface area contributed by atoms with Gasteiger partial charge in [-0.2, -0.15) is 0 Å². The highest BCUT2D eigenvalue weighted by Gasteiger charge is 2.55. The number of ether oxygens (including phenoxy) is 2. The van der Waals surface area contributed by atoms with Gasteiger partial charge in [0.1, 0.15) is 29.4 Å². The highest BCUT2D eigenvalue weighted by molar-refractivity contribution is 8.04. The molecule has 2 aliphatic rings. The Morgan fingerprint density at radius 2 is 1.47 bits per heavy atom. The molecule has 1 amide bonds. The molecule has 7 rings (SSSR count). The van der Waals surface area contributed by atoms with Gasteiger partial charge in [0.15, 0.2) is 6.10 Å². The number of hydrogen-bond donors (Lipinski definition) is 0. The molecule has 4 aromatic carbocycles. The second-order valence-corrected chi connectivity index (χ2v) is 13.0. The van der Waals surface area contributed by atoms with Crippen molar-refractivity contribution in [1.82, 2.24) is 4.90 Å². The van der Waals surface area contributed by atoms with Gasteiger partial charge in [-0.25, -0.2) is 9.59 Å². The highest BCUT2D eigenvalue weighted by Crippen LogP contribution is 2.50. The van der Waals surface area contributed by atoms with E-state index in [4.69, 9.17) is 13.9 Å². The molecule has 1 aromatic heterocycles. The number of thioether (sulfide) groups is 1. The van der Waals surface area contributed by atoms with Crippen LogP contribution in [0.15, 0.2) is 153 Å². The van der Waals surface area contributed by atoms with E-state index in [0.717, 1.165) is 22.1 Å². The van der Waals surface area contributed by atoms with E-state index in [1.807, 2.05) is 91.0 Å². The molecule has 49 heavy (non-hydrogen) atoms. The van der Waals surface area contributed by atoms with Crippen molar-refractivity contribution in [2.45, 2.75) is 24.3 Å². The zero-order valence-corrected chi connectivity index (χ0v) is 27.1. The Balaban J connectivity index is 1.20. The lowest BCUT2D eigenvalue weighted by molar-refractivity contribution is -0.157. The molecule has 2 atom stereocenters. The zero-order valence-electron chi connectivity index (χ0n) is 26.3. The van der Waals surface area contributed by atoms with E-state index in [1.54, 1.807) is 24.3 Å². The van der Waals surface area contributed by atoms with Gasteiger partial charge in [0, 0.05) is 40.8 Å². The molecule has 0 aliphatic carbocycles. The van der Waals surface area contributed by atoms with Crippen LogP contribution >= 0.6 is 11.8 Å². The summed E-state index contributed by atoms with van der Waals surface area (Å²) in [6.07, 6.45) is -0.495. The number of nitrogens with zero attached hydrogens (tertiary/aromatic N) is 1. The normalized spacial score (nSPS) is 17.1. The number of carbonyl (C=O) groups excluding carboxylic acids is 3. The Morgan fingerprint density at radius 3 is 2.14 bits per heavy atom. The summed E-state index contributed by atoms with van der Waals surface area (Å²) < 4.78 is 17.7. The van der Waals surface area contributed by atoms with Gasteiger partial charge in [0.05, 0.1) is 11.3 Å². The fraction of sp³-hybridized carbons (Fsp3) is 0.150. The molecule has 0 N–H and O–H groups in total. The summed E-state index contributed by atoms with van der Waals surface area (Å²) in [5.74, 6) is -1.33. The number of carbonyl (C=O) groups is 3. The number of amides is 1. The number of ketones is 1. The van der Waals surface area contributed by atoms with E-state index in [9.17, 15) is 19.2 Å². The third-order valence-corrected chi connectivity index (χ3v) is 9.88. The number of rotatable bonds is 11. The van der Waals surface area contributed by atoms with Crippen LogP contribution in [0.25, 0.3) is 11.0 Å². The monoisotopic (exact) mass is 669 g/mol. The second-order valence-electron chi connectivity index (χ2n) is 11.8. The van der Waals surface area contributed by atoms with Crippen molar-refractivity contribution in [1.29, 1.82) is 0 Å². The molecule has 0 bridgehead atoms. The molecule has 9 heteroatoms. The van der Waals surface area contributed by atoms with Crippen LogP contribution in [-0.4, -0.2) is 34.5 Å². The number of hydrogen-bond acceptors (Lipinski definition) is 8. The maximum atomic E-state index is 14.3. The Bertz CT molecular complexity index is 2100. The lowest BCUT2D eigenvalue weighted by atomic mass is 9.89. The molecule has 1 fully saturated rings. The molecule has 2 aliphatic heterocycles. The van der Waals surface area contributed by atoms with E-state index in [1.165, 1.54) is 22.7 Å². The predicted molar refractivity (Wildman–Crippen MR) is 186 cm³/mol. The molecule has 0 saturated carbocycles. The van der Waals surface area contributed by atoms with Gasteiger partial charge in [-0.15, -0.1) is 0 Å². The van der Waals surface area contributed by atoms with Gasteiger partial charge < -0.3 is 13.9 Å². The number of β-lactam (4-membered cyclic amide) rings is 1. The van der Waals surface area contributed by atoms with E-state index >= 15 is 0 Å². The fourth-order valence-electron chi connectivity index (χ4n) is 6.12. The van der Waals surface area contributed by atoms with Crippen LogP contribution in [0.4, 0.5) is 0 Å². The van der Waals surface area contributed by atoms with E-state index < -0.39 is 29.0 Å². The Kier molecular flexibility index (Phi) is 9.00. The topological polar surface area (TPSA) is 103 Å². The second kappa shape index (κ2) is 13.8. The lowest BCUT2D eigenvalue weighted by Gasteiger charge is -2.50. The third kappa shape index (κ3) is 6.71. The maximum absolute atomic E-state index is 14.3. The Hall–Kier alpha value is -5.67. The number of Topliss-reactive ketones (excluding diaryl/α,β-unsaturated/α-hetero) is 1. The van der Waals surface area contributed by atoms with Crippen molar-refractivity contribution >= 4 is 40.4 Å². The van der Waals surface area contributed by atoms with Gasteiger partial charge in [0.25, 0.3) is 0 Å². The summed E-state index contributed by atoms with van der Waals surface area (Å²) in [6.45, 7) is 4.14. The minimum Gasteiger partial charge on any atom is -0.489 e. The molecule has 0 radical (unpaired) electrons. The van der Waals surface area contributed by atoms with Crippen LogP contribution in [-0.2, 0) is 25.5 Å². The quantitative estimate of drug-likeness (QED) is 0.0842. The van der Waals surface area contributed by atoms with E-state index in [-0.39, 0.29) is 36.8 Å². The van der Waals surface area contributed by atoms with Crippen molar-refractivity contribution in [2.24, 2.45) is 5.92 Å². The molecule has 3 heterocycles. The summed E-state index contributed by atoms with van der Waals surface area (Å²) in [4.78, 5) is 55.0. The summed E-state index contributed by atoms with van der Waals surface area (Å²) in [5.41, 5.74) is 2.69. The van der Waals surface area contributed by atoms with E-state index in [2.05, 4.69) is 6.58 Å². The molecular formula is C40H31NO7S. The summed E-state index contributed by atoms with van der Waals surface area (Å²) >= 11 is 1.33. The molecule has 1 saturated heterocycles. The minimum absolute atomic E-state index is 0.0368. The molecule has 5 aromatic rings. The van der Waals surface area contributed by atoms with Crippen molar-refractivity contribution < 1.29 is 28.3 Å². The molecular weight excluding hydrogens is 639 g/mol. The Labute approximate surface area is 286 Å². The van der Waals surface area contributed by atoms with Crippen LogP contribution < -0.4 is 10.4 Å². The maximum Gasteiger partial charge on any atom is 0.356 e. The molecule has 0 unspecified atom stereocenters. The average Bonchev–Trinajstić information content (AvgIpc) is 3.12. The summed E-state index contributed by atoms with van der Waals surface area (Å²) in [7, 11) is 0. The first kappa shape index (κ1) is 31.9. The number of benzene rings is 4. The first-order chi connectivity index (χ1) is 23.9. The van der Waals surface area contributed by atoms with Crippen LogP contribution in [0.5, 0.6) is 5.75 Å². The lowest BCUT2D eigenvalue weighted by Crippen LogP contribution is -2.62. The van der Waals surface area contributed by atoms with Gasteiger partial charge in [-0.05, 0) is 34.9 Å². The van der Waals surface area contributed by atoms with Crippen LogP contribution in [0.1, 0.15) is 29.2 Å². The minimum atomic E-state index is -0.756. The third-order valence-electron chi connectivity index (χ3n) is 8.57. The van der Waals surface area contributed by atoms with Crippen LogP contribution in [0.2, 0.25) is 0 Å². The fourth-order valence-corrected chi connectivity index (χ4v) is 7.40. The molecule has 244 valence electrons. The van der Waals surface area contributed by atoms with E-state index in [0.29, 0.717) is 21.8 Å². The standard InChI is InChI=1S/C40H31NO7S/c1-25-33(24-46-31-19-17-27-18-20-35(43)47-34(27)23-31)36(40(45)48-37(28-13-7-3-8-14-28)29-15-9-4-10-16-29)41-38(44)32(39(41)49-25)22-30(42)21-26-11-5-2-6-12-26/h2-20,23,32,37,39H,1,21-22,24H2/t32-,39-/m1/s1. The van der Waals surface area contributed by atoms with Gasteiger partial charge in [-0.1, -0.05) is 109 Å².